The lowest BCUT2D eigenvalue weighted by Gasteiger charge is -2.38. The number of hydrogen-bond donors (Lipinski definition) is 1. The molecule has 0 bridgehead atoms. The van der Waals surface area contributed by atoms with Gasteiger partial charge in [-0.25, -0.2) is 4.39 Å². The number of rotatable bonds is 3. The summed E-state index contributed by atoms with van der Waals surface area (Å²) in [5.74, 6) is -0.211. The van der Waals surface area contributed by atoms with Crippen LogP contribution in [0.2, 0.25) is 0 Å². The van der Waals surface area contributed by atoms with Crippen molar-refractivity contribution >= 4 is 0 Å². The first kappa shape index (κ1) is 13.5. The summed E-state index contributed by atoms with van der Waals surface area (Å²) in [5, 5.41) is 10.5. The van der Waals surface area contributed by atoms with E-state index in [1.807, 2.05) is 6.92 Å². The molecule has 0 aliphatic heterocycles. The number of benzene rings is 1. The maximum absolute atomic E-state index is 13.3. The summed E-state index contributed by atoms with van der Waals surface area (Å²) in [4.78, 5) is 0. The molecular formula is C16H23FO. The summed E-state index contributed by atoms with van der Waals surface area (Å²) in [7, 11) is 0. The Balaban J connectivity index is 2.10. The van der Waals surface area contributed by atoms with Crippen molar-refractivity contribution in [2.24, 2.45) is 5.41 Å². The highest BCUT2D eigenvalue weighted by atomic mass is 19.1. The smallest absolute Gasteiger partial charge is 0.123 e. The fourth-order valence-electron chi connectivity index (χ4n) is 3.01. The molecule has 2 rings (SSSR count). The van der Waals surface area contributed by atoms with Gasteiger partial charge in [-0.05, 0) is 54.9 Å². The van der Waals surface area contributed by atoms with E-state index in [1.54, 1.807) is 12.1 Å². The van der Waals surface area contributed by atoms with Crippen molar-refractivity contribution in [3.8, 4) is 0 Å². The van der Waals surface area contributed by atoms with Crippen LogP contribution in [0.4, 0.5) is 4.39 Å². The molecule has 1 aliphatic rings. The molecule has 0 saturated heterocycles. The van der Waals surface area contributed by atoms with Crippen molar-refractivity contribution in [1.82, 2.24) is 0 Å². The second-order valence-electron chi connectivity index (χ2n) is 6.01. The largest absolute Gasteiger partial charge is 0.392 e. The fourth-order valence-corrected chi connectivity index (χ4v) is 3.01. The zero-order chi connectivity index (χ0) is 13.2. The molecule has 1 atom stereocenters. The number of aliphatic hydroxyl groups is 1. The van der Waals surface area contributed by atoms with Gasteiger partial charge >= 0.3 is 0 Å². The molecule has 1 fully saturated rings. The first-order valence-corrected chi connectivity index (χ1v) is 6.94. The van der Waals surface area contributed by atoms with Gasteiger partial charge in [-0.15, -0.1) is 0 Å². The lowest BCUT2D eigenvalue weighted by molar-refractivity contribution is 0.0103. The molecule has 0 amide bonds. The number of hydrogen-bond acceptors (Lipinski definition) is 1. The van der Waals surface area contributed by atoms with E-state index in [1.165, 1.54) is 25.3 Å². The molecule has 2 heteroatoms. The van der Waals surface area contributed by atoms with Gasteiger partial charge in [0.05, 0.1) is 6.10 Å². The summed E-state index contributed by atoms with van der Waals surface area (Å²) in [5.41, 5.74) is 2.01. The van der Waals surface area contributed by atoms with Crippen molar-refractivity contribution in [1.29, 1.82) is 0 Å². The number of aryl methyl sites for hydroxylation is 1. The molecule has 18 heavy (non-hydrogen) atoms. The Morgan fingerprint density at radius 1 is 1.28 bits per heavy atom. The van der Waals surface area contributed by atoms with Gasteiger partial charge in [0.1, 0.15) is 5.82 Å². The molecule has 0 aromatic heterocycles. The highest BCUT2D eigenvalue weighted by molar-refractivity contribution is 5.27. The Bertz CT molecular complexity index is 408. The summed E-state index contributed by atoms with van der Waals surface area (Å²) < 4.78 is 13.3. The molecule has 1 unspecified atom stereocenters. The van der Waals surface area contributed by atoms with Crippen LogP contribution in [0, 0.1) is 18.2 Å². The van der Waals surface area contributed by atoms with Crippen LogP contribution in [0.1, 0.15) is 50.2 Å². The third-order valence-electron chi connectivity index (χ3n) is 4.52. The van der Waals surface area contributed by atoms with Gasteiger partial charge in [0, 0.05) is 0 Å². The van der Waals surface area contributed by atoms with E-state index in [0.717, 1.165) is 24.0 Å². The molecular weight excluding hydrogens is 227 g/mol. The van der Waals surface area contributed by atoms with Gasteiger partial charge in [0.25, 0.3) is 0 Å². The van der Waals surface area contributed by atoms with E-state index in [9.17, 15) is 9.50 Å². The third-order valence-corrected chi connectivity index (χ3v) is 4.52. The first-order chi connectivity index (χ1) is 8.51. The van der Waals surface area contributed by atoms with E-state index in [2.05, 4.69) is 6.92 Å². The van der Waals surface area contributed by atoms with Crippen LogP contribution in [0.25, 0.3) is 0 Å². The standard InChI is InChI=1S/C16H23FO/c1-12-6-7-14(17)10-13(12)11-15(18)16(2)8-4-3-5-9-16/h6-7,10,15,18H,3-5,8-9,11H2,1-2H3. The minimum Gasteiger partial charge on any atom is -0.392 e. The highest BCUT2D eigenvalue weighted by Gasteiger charge is 2.34. The number of halogens is 1. The molecule has 1 nitrogen and oxygen atoms in total. The third kappa shape index (κ3) is 2.92. The predicted octanol–water partition coefficient (Wildman–Crippen LogP) is 4.01. The van der Waals surface area contributed by atoms with E-state index in [4.69, 9.17) is 0 Å². The van der Waals surface area contributed by atoms with Gasteiger partial charge in [0.2, 0.25) is 0 Å². The maximum Gasteiger partial charge on any atom is 0.123 e. The SMILES string of the molecule is Cc1ccc(F)cc1CC(O)C1(C)CCCCC1. The summed E-state index contributed by atoms with van der Waals surface area (Å²) in [6.07, 6.45) is 6.07. The van der Waals surface area contributed by atoms with Crippen LogP contribution in [-0.2, 0) is 6.42 Å². The molecule has 1 saturated carbocycles. The Labute approximate surface area is 109 Å². The molecule has 1 N–H and O–H groups in total. The summed E-state index contributed by atoms with van der Waals surface area (Å²) >= 11 is 0. The fraction of sp³-hybridized carbons (Fsp3) is 0.625. The molecule has 0 spiro atoms. The van der Waals surface area contributed by atoms with Crippen LogP contribution in [-0.4, -0.2) is 11.2 Å². The Morgan fingerprint density at radius 2 is 1.94 bits per heavy atom. The van der Waals surface area contributed by atoms with Crippen molar-refractivity contribution in [3.05, 3.63) is 35.1 Å². The minimum atomic E-state index is -0.363. The minimum absolute atomic E-state index is 0.0109. The molecule has 100 valence electrons. The average Bonchev–Trinajstić information content (AvgIpc) is 2.35. The van der Waals surface area contributed by atoms with Crippen LogP contribution in [0.15, 0.2) is 18.2 Å². The van der Waals surface area contributed by atoms with Gasteiger partial charge in [-0.1, -0.05) is 32.3 Å². The maximum atomic E-state index is 13.3. The average molecular weight is 250 g/mol. The Kier molecular flexibility index (Phi) is 4.06. The predicted molar refractivity (Wildman–Crippen MR) is 72.0 cm³/mol. The molecule has 0 radical (unpaired) electrons. The second kappa shape index (κ2) is 5.40. The van der Waals surface area contributed by atoms with E-state index in [0.29, 0.717) is 6.42 Å². The molecule has 1 aliphatic carbocycles. The summed E-state index contributed by atoms with van der Waals surface area (Å²) in [6.45, 7) is 4.15. The van der Waals surface area contributed by atoms with Crippen LogP contribution in [0.5, 0.6) is 0 Å². The van der Waals surface area contributed by atoms with Crippen LogP contribution >= 0.6 is 0 Å². The monoisotopic (exact) mass is 250 g/mol. The Morgan fingerprint density at radius 3 is 2.61 bits per heavy atom. The number of aliphatic hydroxyl groups excluding tert-OH is 1. The van der Waals surface area contributed by atoms with Gasteiger partial charge in [-0.2, -0.15) is 0 Å². The zero-order valence-corrected chi connectivity index (χ0v) is 11.4. The van der Waals surface area contributed by atoms with E-state index >= 15 is 0 Å². The normalized spacial score (nSPS) is 20.7. The zero-order valence-electron chi connectivity index (χ0n) is 11.4. The van der Waals surface area contributed by atoms with Crippen LogP contribution < -0.4 is 0 Å². The summed E-state index contributed by atoms with van der Waals surface area (Å²) in [6, 6.07) is 4.83. The quantitative estimate of drug-likeness (QED) is 0.859. The second-order valence-corrected chi connectivity index (χ2v) is 6.01. The lowest BCUT2D eigenvalue weighted by Crippen LogP contribution is -2.36. The van der Waals surface area contributed by atoms with Crippen molar-refractivity contribution in [2.45, 2.75) is 58.5 Å². The van der Waals surface area contributed by atoms with Gasteiger partial charge < -0.3 is 5.11 Å². The van der Waals surface area contributed by atoms with Crippen molar-refractivity contribution in [3.63, 3.8) is 0 Å². The van der Waals surface area contributed by atoms with E-state index in [-0.39, 0.29) is 17.3 Å². The topological polar surface area (TPSA) is 20.2 Å². The first-order valence-electron chi connectivity index (χ1n) is 6.94. The highest BCUT2D eigenvalue weighted by Crippen LogP contribution is 2.40. The van der Waals surface area contributed by atoms with E-state index < -0.39 is 0 Å². The van der Waals surface area contributed by atoms with Gasteiger partial charge in [-0.3, -0.25) is 0 Å². The van der Waals surface area contributed by atoms with Crippen molar-refractivity contribution < 1.29 is 9.50 Å². The van der Waals surface area contributed by atoms with Crippen molar-refractivity contribution in [2.75, 3.05) is 0 Å². The molecule has 0 heterocycles. The Hall–Kier alpha value is -0.890. The van der Waals surface area contributed by atoms with Gasteiger partial charge in [0.15, 0.2) is 0 Å². The molecule has 1 aromatic rings. The van der Waals surface area contributed by atoms with Crippen LogP contribution in [0.3, 0.4) is 0 Å². The lowest BCUT2D eigenvalue weighted by atomic mass is 9.70. The molecule has 1 aromatic carbocycles.